The predicted molar refractivity (Wildman–Crippen MR) is 73.3 cm³/mol. The summed E-state index contributed by atoms with van der Waals surface area (Å²) in [7, 11) is 1.56. The molecule has 0 saturated carbocycles. The van der Waals surface area contributed by atoms with Crippen LogP contribution < -0.4 is 16.0 Å². The van der Waals surface area contributed by atoms with Gasteiger partial charge in [-0.2, -0.15) is 0 Å². The molecule has 100 valence electrons. The summed E-state index contributed by atoms with van der Waals surface area (Å²) in [5.41, 5.74) is 5.48. The molecule has 4 heteroatoms. The fourth-order valence-corrected chi connectivity index (χ4v) is 2.15. The average Bonchev–Trinajstić information content (AvgIpc) is 2.40. The lowest BCUT2D eigenvalue weighted by molar-refractivity contribution is 0.402. The summed E-state index contributed by atoms with van der Waals surface area (Å²) in [5, 5.41) is 0. The number of methoxy groups -OCH3 is 1. The van der Waals surface area contributed by atoms with Crippen molar-refractivity contribution in [2.45, 2.75) is 13.0 Å². The van der Waals surface area contributed by atoms with Crippen LogP contribution in [-0.2, 0) is 0 Å². The maximum Gasteiger partial charge on any atom is 0.124 e. The van der Waals surface area contributed by atoms with Crippen LogP contribution in [-0.4, -0.2) is 7.11 Å². The average molecular weight is 260 g/mol. The minimum atomic E-state index is -0.316. The molecular weight excluding hydrogens is 243 g/mol. The van der Waals surface area contributed by atoms with E-state index in [1.54, 1.807) is 13.2 Å². The molecule has 0 aliphatic heterocycles. The zero-order valence-corrected chi connectivity index (χ0v) is 11.0. The van der Waals surface area contributed by atoms with Crippen molar-refractivity contribution in [1.82, 2.24) is 5.43 Å². The van der Waals surface area contributed by atoms with Crippen molar-refractivity contribution in [1.29, 1.82) is 0 Å². The number of hydrogen-bond donors (Lipinski definition) is 2. The molecule has 0 aliphatic rings. The van der Waals surface area contributed by atoms with Crippen molar-refractivity contribution < 1.29 is 9.13 Å². The number of ether oxygens (including phenoxy) is 1. The van der Waals surface area contributed by atoms with Gasteiger partial charge in [-0.1, -0.05) is 29.8 Å². The van der Waals surface area contributed by atoms with Crippen molar-refractivity contribution >= 4 is 0 Å². The zero-order valence-electron chi connectivity index (χ0n) is 11.0. The first-order valence-corrected chi connectivity index (χ1v) is 6.02. The van der Waals surface area contributed by atoms with Crippen molar-refractivity contribution in [3.8, 4) is 5.75 Å². The van der Waals surface area contributed by atoms with Crippen LogP contribution >= 0.6 is 0 Å². The number of hydrogen-bond acceptors (Lipinski definition) is 3. The Morgan fingerprint density at radius 1 is 1.21 bits per heavy atom. The quantitative estimate of drug-likeness (QED) is 0.656. The molecule has 19 heavy (non-hydrogen) atoms. The topological polar surface area (TPSA) is 47.3 Å². The van der Waals surface area contributed by atoms with E-state index in [1.807, 2.05) is 31.2 Å². The maximum absolute atomic E-state index is 13.5. The minimum absolute atomic E-state index is 0.314. The Bertz CT molecular complexity index is 572. The predicted octanol–water partition coefficient (Wildman–Crippen LogP) is 2.70. The first-order valence-electron chi connectivity index (χ1n) is 6.02. The number of nitrogens with two attached hydrogens (primary N) is 1. The Morgan fingerprint density at radius 3 is 2.63 bits per heavy atom. The van der Waals surface area contributed by atoms with Crippen LogP contribution in [0, 0.1) is 12.7 Å². The summed E-state index contributed by atoms with van der Waals surface area (Å²) >= 11 is 0. The Hall–Kier alpha value is -1.91. The van der Waals surface area contributed by atoms with E-state index in [0.29, 0.717) is 11.3 Å². The lowest BCUT2D eigenvalue weighted by Crippen LogP contribution is -2.29. The highest BCUT2D eigenvalue weighted by molar-refractivity contribution is 5.42. The van der Waals surface area contributed by atoms with Gasteiger partial charge in [0.05, 0.1) is 13.2 Å². The number of aryl methyl sites for hydroxylation is 1. The molecule has 0 fully saturated rings. The van der Waals surface area contributed by atoms with E-state index in [2.05, 4.69) is 5.43 Å². The van der Waals surface area contributed by atoms with Gasteiger partial charge in [0.2, 0.25) is 0 Å². The molecule has 3 nitrogen and oxygen atoms in total. The summed E-state index contributed by atoms with van der Waals surface area (Å²) < 4.78 is 18.7. The number of hydrazine groups is 1. The lowest BCUT2D eigenvalue weighted by atomic mass is 9.97. The summed E-state index contributed by atoms with van der Waals surface area (Å²) in [4.78, 5) is 0. The molecule has 3 N–H and O–H groups in total. The van der Waals surface area contributed by atoms with E-state index >= 15 is 0 Å². The standard InChI is InChI=1S/C15H17FN2O/c1-10-4-3-5-11(8-10)15(18-17)13-9-12(16)6-7-14(13)19-2/h3-9,15,18H,17H2,1-2H3. The van der Waals surface area contributed by atoms with Crippen LogP contribution in [0.25, 0.3) is 0 Å². The van der Waals surface area contributed by atoms with Crippen LogP contribution in [0.1, 0.15) is 22.7 Å². The molecule has 2 aromatic carbocycles. The van der Waals surface area contributed by atoms with Gasteiger partial charge >= 0.3 is 0 Å². The van der Waals surface area contributed by atoms with Gasteiger partial charge in [-0.25, -0.2) is 9.82 Å². The molecule has 2 rings (SSSR count). The third-order valence-corrected chi connectivity index (χ3v) is 3.04. The van der Waals surface area contributed by atoms with Crippen molar-refractivity contribution in [3.63, 3.8) is 0 Å². The molecule has 0 heterocycles. The third-order valence-electron chi connectivity index (χ3n) is 3.04. The fraction of sp³-hybridized carbons (Fsp3) is 0.200. The molecule has 0 radical (unpaired) electrons. The van der Waals surface area contributed by atoms with Gasteiger partial charge < -0.3 is 4.74 Å². The molecule has 1 atom stereocenters. The van der Waals surface area contributed by atoms with Crippen molar-refractivity contribution in [2.24, 2.45) is 5.84 Å². The van der Waals surface area contributed by atoms with Crippen LogP contribution in [0.5, 0.6) is 5.75 Å². The van der Waals surface area contributed by atoms with Gasteiger partial charge in [-0.3, -0.25) is 5.84 Å². The first-order chi connectivity index (χ1) is 9.15. The minimum Gasteiger partial charge on any atom is -0.496 e. The van der Waals surface area contributed by atoms with Crippen molar-refractivity contribution in [3.05, 3.63) is 65.0 Å². The molecule has 0 saturated heterocycles. The summed E-state index contributed by atoms with van der Waals surface area (Å²) in [6.07, 6.45) is 0. The second kappa shape index (κ2) is 5.82. The van der Waals surface area contributed by atoms with E-state index in [9.17, 15) is 4.39 Å². The molecule has 2 aromatic rings. The van der Waals surface area contributed by atoms with Gasteiger partial charge in [-0.05, 0) is 30.7 Å². The Labute approximate surface area is 112 Å². The molecule has 0 aliphatic carbocycles. The highest BCUT2D eigenvalue weighted by atomic mass is 19.1. The first kappa shape index (κ1) is 13.5. The van der Waals surface area contributed by atoms with Gasteiger partial charge in [0.15, 0.2) is 0 Å². The monoisotopic (exact) mass is 260 g/mol. The largest absolute Gasteiger partial charge is 0.496 e. The Kier molecular flexibility index (Phi) is 4.14. The second-order valence-electron chi connectivity index (χ2n) is 4.40. The number of nitrogens with one attached hydrogen (secondary N) is 1. The van der Waals surface area contributed by atoms with Crippen molar-refractivity contribution in [2.75, 3.05) is 7.11 Å². The van der Waals surface area contributed by atoms with E-state index in [-0.39, 0.29) is 11.9 Å². The normalized spacial score (nSPS) is 12.2. The summed E-state index contributed by atoms with van der Waals surface area (Å²) in [5.74, 6) is 5.92. The zero-order chi connectivity index (χ0) is 13.8. The Balaban J connectivity index is 2.50. The van der Waals surface area contributed by atoms with Crippen LogP contribution in [0.4, 0.5) is 4.39 Å². The summed E-state index contributed by atoms with van der Waals surface area (Å²) in [6, 6.07) is 12.0. The van der Waals surface area contributed by atoms with E-state index in [1.165, 1.54) is 12.1 Å². The Morgan fingerprint density at radius 2 is 2.00 bits per heavy atom. The summed E-state index contributed by atoms with van der Waals surface area (Å²) in [6.45, 7) is 2.00. The second-order valence-corrected chi connectivity index (χ2v) is 4.40. The molecule has 0 amide bonds. The molecular formula is C15H17FN2O. The number of halogens is 1. The van der Waals surface area contributed by atoms with E-state index in [4.69, 9.17) is 10.6 Å². The smallest absolute Gasteiger partial charge is 0.124 e. The number of rotatable bonds is 4. The SMILES string of the molecule is COc1ccc(F)cc1C(NN)c1cccc(C)c1. The highest BCUT2D eigenvalue weighted by Gasteiger charge is 2.17. The molecule has 1 unspecified atom stereocenters. The van der Waals surface area contributed by atoms with Crippen LogP contribution in [0.2, 0.25) is 0 Å². The third kappa shape index (κ3) is 2.92. The van der Waals surface area contributed by atoms with Crippen LogP contribution in [0.15, 0.2) is 42.5 Å². The lowest BCUT2D eigenvalue weighted by Gasteiger charge is -2.20. The molecule has 0 spiro atoms. The van der Waals surface area contributed by atoms with Crippen LogP contribution in [0.3, 0.4) is 0 Å². The van der Waals surface area contributed by atoms with Gasteiger partial charge in [0, 0.05) is 5.56 Å². The van der Waals surface area contributed by atoms with E-state index < -0.39 is 0 Å². The molecule has 0 aromatic heterocycles. The van der Waals surface area contributed by atoms with Gasteiger partial charge in [0.1, 0.15) is 11.6 Å². The van der Waals surface area contributed by atoms with Gasteiger partial charge in [0.25, 0.3) is 0 Å². The highest BCUT2D eigenvalue weighted by Crippen LogP contribution is 2.30. The van der Waals surface area contributed by atoms with Gasteiger partial charge in [-0.15, -0.1) is 0 Å². The fourth-order valence-electron chi connectivity index (χ4n) is 2.15. The molecule has 0 bridgehead atoms. The maximum atomic E-state index is 13.5. The number of benzene rings is 2. The van der Waals surface area contributed by atoms with E-state index in [0.717, 1.165) is 11.1 Å².